The number of carboxylic acids is 1. The molecule has 1 heterocycles. The van der Waals surface area contributed by atoms with Crippen molar-refractivity contribution in [1.82, 2.24) is 5.32 Å². The lowest BCUT2D eigenvalue weighted by Crippen LogP contribution is -2.56. The van der Waals surface area contributed by atoms with Gasteiger partial charge < -0.3 is 10.4 Å². The summed E-state index contributed by atoms with van der Waals surface area (Å²) in [4.78, 5) is 10.8. The molecule has 0 radical (unpaired) electrons. The molecule has 1 rings (SSSR count). The summed E-state index contributed by atoms with van der Waals surface area (Å²) >= 11 is 1.71. The molecule has 1 atom stereocenters. The Morgan fingerprint density at radius 2 is 2.55 bits per heavy atom. The number of thioether (sulfide) groups is 1. The Bertz CT molecular complexity index is 155. The molecule has 64 valence electrons. The first-order valence-corrected chi connectivity index (χ1v) is 4.93. The number of nitrogens with one attached hydrogen (secondary N) is 1. The van der Waals surface area contributed by atoms with E-state index in [-0.39, 0.29) is 0 Å². The van der Waals surface area contributed by atoms with Gasteiger partial charge in [-0.1, -0.05) is 6.92 Å². The molecule has 4 heteroatoms. The maximum atomic E-state index is 10.8. The molecule has 11 heavy (non-hydrogen) atoms. The summed E-state index contributed by atoms with van der Waals surface area (Å²) in [5, 5.41) is 12.0. The quantitative estimate of drug-likeness (QED) is 0.643. The standard InChI is InChI=1S/C7H13NO2S/c1-2-7(6(9)10)5-11-4-3-8-7/h8H,2-5H2,1H3,(H,9,10). The van der Waals surface area contributed by atoms with Crippen molar-refractivity contribution in [2.75, 3.05) is 18.1 Å². The zero-order chi connectivity index (χ0) is 8.32. The van der Waals surface area contributed by atoms with Crippen molar-refractivity contribution in [3.05, 3.63) is 0 Å². The predicted octanol–water partition coefficient (Wildman–Crippen LogP) is 0.556. The third-order valence-electron chi connectivity index (χ3n) is 2.07. The Labute approximate surface area is 70.6 Å². The van der Waals surface area contributed by atoms with Gasteiger partial charge in [0.2, 0.25) is 0 Å². The fourth-order valence-electron chi connectivity index (χ4n) is 1.18. The molecule has 1 aliphatic heterocycles. The smallest absolute Gasteiger partial charge is 0.324 e. The minimum atomic E-state index is -0.716. The van der Waals surface area contributed by atoms with Gasteiger partial charge in [0.15, 0.2) is 0 Å². The van der Waals surface area contributed by atoms with E-state index in [4.69, 9.17) is 5.11 Å². The maximum Gasteiger partial charge on any atom is 0.324 e. The highest BCUT2D eigenvalue weighted by Crippen LogP contribution is 2.21. The van der Waals surface area contributed by atoms with Gasteiger partial charge in [-0.05, 0) is 6.42 Å². The molecule has 0 bridgehead atoms. The lowest BCUT2D eigenvalue weighted by atomic mass is 9.99. The molecule has 0 aliphatic carbocycles. The second-order valence-corrected chi connectivity index (χ2v) is 3.83. The number of hydrogen-bond acceptors (Lipinski definition) is 3. The monoisotopic (exact) mass is 175 g/mol. The fraction of sp³-hybridized carbons (Fsp3) is 0.857. The number of hydrogen-bond donors (Lipinski definition) is 2. The normalized spacial score (nSPS) is 31.7. The van der Waals surface area contributed by atoms with E-state index in [2.05, 4.69) is 5.32 Å². The summed E-state index contributed by atoms with van der Waals surface area (Å²) in [6, 6.07) is 0. The molecule has 1 unspecified atom stereocenters. The van der Waals surface area contributed by atoms with Crippen molar-refractivity contribution in [2.24, 2.45) is 0 Å². The zero-order valence-electron chi connectivity index (χ0n) is 6.59. The van der Waals surface area contributed by atoms with Crippen LogP contribution in [-0.4, -0.2) is 34.7 Å². The van der Waals surface area contributed by atoms with Crippen molar-refractivity contribution >= 4 is 17.7 Å². The second kappa shape index (κ2) is 3.45. The van der Waals surface area contributed by atoms with Crippen LogP contribution in [-0.2, 0) is 4.79 Å². The van der Waals surface area contributed by atoms with Gasteiger partial charge in [0, 0.05) is 18.1 Å². The number of carbonyl (C=O) groups is 1. The van der Waals surface area contributed by atoms with Crippen molar-refractivity contribution in [2.45, 2.75) is 18.9 Å². The molecule has 0 aromatic heterocycles. The van der Waals surface area contributed by atoms with Crippen LogP contribution >= 0.6 is 11.8 Å². The Hall–Kier alpha value is -0.220. The number of carboxylic acid groups (broad SMARTS) is 1. The van der Waals surface area contributed by atoms with Gasteiger partial charge >= 0.3 is 5.97 Å². The second-order valence-electron chi connectivity index (χ2n) is 2.72. The van der Waals surface area contributed by atoms with E-state index >= 15 is 0 Å². The van der Waals surface area contributed by atoms with Crippen LogP contribution in [0.5, 0.6) is 0 Å². The summed E-state index contributed by atoms with van der Waals surface area (Å²) in [5.41, 5.74) is -0.650. The van der Waals surface area contributed by atoms with Crippen LogP contribution in [0.3, 0.4) is 0 Å². The van der Waals surface area contributed by atoms with E-state index in [1.54, 1.807) is 11.8 Å². The van der Waals surface area contributed by atoms with Crippen LogP contribution in [0.1, 0.15) is 13.3 Å². The van der Waals surface area contributed by atoms with Crippen LogP contribution in [0.2, 0.25) is 0 Å². The Balaban J connectivity index is 2.64. The molecule has 0 spiro atoms. The van der Waals surface area contributed by atoms with Crippen LogP contribution < -0.4 is 5.32 Å². The maximum absolute atomic E-state index is 10.8. The average molecular weight is 175 g/mol. The predicted molar refractivity (Wildman–Crippen MR) is 46.0 cm³/mol. The van der Waals surface area contributed by atoms with E-state index in [1.165, 1.54) is 0 Å². The van der Waals surface area contributed by atoms with Crippen molar-refractivity contribution in [1.29, 1.82) is 0 Å². The minimum absolute atomic E-state index is 0.650. The van der Waals surface area contributed by atoms with E-state index in [0.717, 1.165) is 12.3 Å². The van der Waals surface area contributed by atoms with Crippen LogP contribution in [0.15, 0.2) is 0 Å². The van der Waals surface area contributed by atoms with Gasteiger partial charge in [0.05, 0.1) is 0 Å². The fourth-order valence-corrected chi connectivity index (χ4v) is 2.34. The summed E-state index contributed by atoms with van der Waals surface area (Å²) in [5.74, 6) is 1.00. The minimum Gasteiger partial charge on any atom is -0.480 e. The van der Waals surface area contributed by atoms with Gasteiger partial charge in [-0.25, -0.2) is 0 Å². The summed E-state index contributed by atoms with van der Waals surface area (Å²) < 4.78 is 0. The Morgan fingerprint density at radius 3 is 2.82 bits per heavy atom. The van der Waals surface area contributed by atoms with E-state index in [9.17, 15) is 4.79 Å². The number of rotatable bonds is 2. The summed E-state index contributed by atoms with van der Waals surface area (Å²) in [6.45, 7) is 2.72. The van der Waals surface area contributed by atoms with Gasteiger partial charge in [-0.15, -0.1) is 0 Å². The molecule has 1 aliphatic rings. The van der Waals surface area contributed by atoms with E-state index in [1.807, 2.05) is 6.92 Å². The molecule has 0 amide bonds. The topological polar surface area (TPSA) is 49.3 Å². The highest BCUT2D eigenvalue weighted by atomic mass is 32.2. The first-order chi connectivity index (χ1) is 5.21. The molecule has 2 N–H and O–H groups in total. The third-order valence-corrected chi connectivity index (χ3v) is 3.26. The molecule has 0 saturated carbocycles. The lowest BCUT2D eigenvalue weighted by molar-refractivity contribution is -0.144. The van der Waals surface area contributed by atoms with E-state index < -0.39 is 11.5 Å². The molecule has 1 saturated heterocycles. The van der Waals surface area contributed by atoms with Crippen LogP contribution in [0.25, 0.3) is 0 Å². The summed E-state index contributed by atoms with van der Waals surface area (Å²) in [6.07, 6.45) is 0.662. The SMILES string of the molecule is CCC1(C(=O)O)CSCCN1. The van der Waals surface area contributed by atoms with Crippen LogP contribution in [0.4, 0.5) is 0 Å². The Morgan fingerprint density at radius 1 is 1.82 bits per heavy atom. The molecular formula is C7H13NO2S. The molecule has 3 nitrogen and oxygen atoms in total. The van der Waals surface area contributed by atoms with Crippen molar-refractivity contribution in [3.63, 3.8) is 0 Å². The van der Waals surface area contributed by atoms with Crippen molar-refractivity contribution in [3.8, 4) is 0 Å². The number of aliphatic carboxylic acids is 1. The lowest BCUT2D eigenvalue weighted by Gasteiger charge is -2.32. The molecule has 0 aromatic carbocycles. The highest BCUT2D eigenvalue weighted by Gasteiger charge is 2.37. The molecular weight excluding hydrogens is 162 g/mol. The van der Waals surface area contributed by atoms with Crippen LogP contribution in [0, 0.1) is 0 Å². The zero-order valence-corrected chi connectivity index (χ0v) is 7.41. The van der Waals surface area contributed by atoms with Gasteiger partial charge in [0.1, 0.15) is 5.54 Å². The first-order valence-electron chi connectivity index (χ1n) is 3.77. The largest absolute Gasteiger partial charge is 0.480 e. The average Bonchev–Trinajstić information content (AvgIpc) is 2.05. The third kappa shape index (κ3) is 1.68. The summed E-state index contributed by atoms with van der Waals surface area (Å²) in [7, 11) is 0. The first kappa shape index (κ1) is 8.87. The van der Waals surface area contributed by atoms with Gasteiger partial charge in [0.25, 0.3) is 0 Å². The molecule has 1 fully saturated rings. The molecule has 0 aromatic rings. The van der Waals surface area contributed by atoms with Gasteiger partial charge in [-0.2, -0.15) is 11.8 Å². The highest BCUT2D eigenvalue weighted by molar-refractivity contribution is 7.99. The van der Waals surface area contributed by atoms with E-state index in [0.29, 0.717) is 12.2 Å². The van der Waals surface area contributed by atoms with Gasteiger partial charge in [-0.3, -0.25) is 4.79 Å². The Kier molecular flexibility index (Phi) is 2.78. The van der Waals surface area contributed by atoms with Crippen molar-refractivity contribution < 1.29 is 9.90 Å².